The third-order valence-electron chi connectivity index (χ3n) is 3.83. The zero-order valence-corrected chi connectivity index (χ0v) is 13.1. The quantitative estimate of drug-likeness (QED) is 0.868. The van der Waals surface area contributed by atoms with Gasteiger partial charge in [-0.3, -0.25) is 4.90 Å². The molecule has 3 rings (SSSR count). The predicted molar refractivity (Wildman–Crippen MR) is 84.5 cm³/mol. The average Bonchev–Trinajstić information content (AvgIpc) is 2.97. The van der Waals surface area contributed by atoms with Crippen LogP contribution in [0, 0.1) is 0 Å². The minimum atomic E-state index is 0.227. The van der Waals surface area contributed by atoms with Crippen LogP contribution in [-0.2, 0) is 0 Å². The Bertz CT molecular complexity index is 550. The molecule has 1 atom stereocenters. The minimum absolute atomic E-state index is 0.227. The second-order valence-corrected chi connectivity index (χ2v) is 6.45. The molecule has 1 saturated heterocycles. The van der Waals surface area contributed by atoms with E-state index in [0.29, 0.717) is 0 Å². The Kier molecular flexibility index (Phi) is 4.36. The molecule has 106 valence electrons. The summed E-state index contributed by atoms with van der Waals surface area (Å²) in [5.41, 5.74) is 1.18. The Balaban J connectivity index is 1.95. The lowest BCUT2D eigenvalue weighted by Crippen LogP contribution is -2.46. The second-order valence-electron chi connectivity index (χ2n) is 5.18. The molecule has 1 aliphatic rings. The third-order valence-corrected chi connectivity index (χ3v) is 4.97. The summed E-state index contributed by atoms with van der Waals surface area (Å²) in [6.07, 6.45) is 1.87. The van der Waals surface area contributed by atoms with Gasteiger partial charge in [-0.15, -0.1) is 0 Å². The van der Waals surface area contributed by atoms with Crippen molar-refractivity contribution in [3.63, 3.8) is 0 Å². The number of piperazine rings is 1. The van der Waals surface area contributed by atoms with E-state index < -0.39 is 0 Å². The van der Waals surface area contributed by atoms with Gasteiger partial charge in [0.2, 0.25) is 0 Å². The van der Waals surface area contributed by atoms with Crippen LogP contribution in [0.4, 0.5) is 0 Å². The highest BCUT2D eigenvalue weighted by Crippen LogP contribution is 2.35. The third kappa shape index (κ3) is 2.88. The number of benzene rings is 1. The molecule has 0 bridgehead atoms. The van der Waals surface area contributed by atoms with E-state index in [9.17, 15) is 0 Å². The molecule has 5 heteroatoms. The summed E-state index contributed by atoms with van der Waals surface area (Å²) in [4.78, 5) is 6.14. The molecule has 3 nitrogen and oxygen atoms in total. The van der Waals surface area contributed by atoms with Crippen molar-refractivity contribution in [3.8, 4) is 0 Å². The number of halogens is 1. The first-order chi connectivity index (χ1) is 9.75. The molecule has 0 N–H and O–H groups in total. The zero-order chi connectivity index (χ0) is 13.9. The lowest BCUT2D eigenvalue weighted by molar-refractivity contribution is 0.128. The highest BCUT2D eigenvalue weighted by Gasteiger charge is 2.27. The Morgan fingerprint density at radius 2 is 1.90 bits per heavy atom. The van der Waals surface area contributed by atoms with Crippen LogP contribution < -0.4 is 0 Å². The molecule has 1 aliphatic heterocycles. The summed E-state index contributed by atoms with van der Waals surface area (Å²) in [5.74, 6) is 0. The molecule has 0 radical (unpaired) electrons. The number of rotatable bonds is 3. The first kappa shape index (κ1) is 14.0. The van der Waals surface area contributed by atoms with E-state index in [1.54, 1.807) is 11.5 Å². The topological polar surface area (TPSA) is 19.4 Å². The molecule has 1 unspecified atom stereocenters. The number of hydrogen-bond donors (Lipinski definition) is 0. The summed E-state index contributed by atoms with van der Waals surface area (Å²) in [5, 5.41) is 0.838. The van der Waals surface area contributed by atoms with Gasteiger partial charge in [0, 0.05) is 42.3 Å². The molecule has 1 aromatic heterocycles. The molecular weight excluding hydrogens is 290 g/mol. The fourth-order valence-electron chi connectivity index (χ4n) is 2.67. The maximum Gasteiger partial charge on any atom is 0.0727 e. The number of likely N-dealkylation sites (N-methyl/N-ethyl adjacent to an activating group) is 1. The van der Waals surface area contributed by atoms with Gasteiger partial charge in [0.25, 0.3) is 0 Å². The van der Waals surface area contributed by atoms with Gasteiger partial charge in [0.1, 0.15) is 0 Å². The van der Waals surface area contributed by atoms with Crippen molar-refractivity contribution in [2.24, 2.45) is 0 Å². The van der Waals surface area contributed by atoms with Crippen LogP contribution in [0.15, 0.2) is 36.5 Å². The molecule has 20 heavy (non-hydrogen) atoms. The van der Waals surface area contributed by atoms with Crippen molar-refractivity contribution in [3.05, 3.63) is 52.0 Å². The van der Waals surface area contributed by atoms with Gasteiger partial charge in [-0.1, -0.05) is 29.8 Å². The molecule has 0 saturated carbocycles. The normalized spacial score (nSPS) is 19.1. The molecular formula is C15H18ClN3S. The van der Waals surface area contributed by atoms with Gasteiger partial charge in [-0.05, 0) is 36.3 Å². The average molecular weight is 308 g/mol. The SMILES string of the molecule is CN1CCN(C(c2ccns2)c2ccccc2Cl)CC1. The first-order valence-electron chi connectivity index (χ1n) is 6.83. The highest BCUT2D eigenvalue weighted by molar-refractivity contribution is 7.05. The molecule has 2 heterocycles. The van der Waals surface area contributed by atoms with Crippen molar-refractivity contribution in [1.29, 1.82) is 0 Å². The van der Waals surface area contributed by atoms with Crippen LogP contribution in [0.1, 0.15) is 16.5 Å². The van der Waals surface area contributed by atoms with Crippen LogP contribution in [0.5, 0.6) is 0 Å². The predicted octanol–water partition coefficient (Wildman–Crippen LogP) is 3.13. The van der Waals surface area contributed by atoms with Crippen LogP contribution in [0.25, 0.3) is 0 Å². The van der Waals surface area contributed by atoms with Gasteiger partial charge >= 0.3 is 0 Å². The summed E-state index contributed by atoms with van der Waals surface area (Å²) in [6.45, 7) is 4.31. The molecule has 2 aromatic rings. The lowest BCUT2D eigenvalue weighted by Gasteiger charge is -2.38. The van der Waals surface area contributed by atoms with Gasteiger partial charge in [0.15, 0.2) is 0 Å². The van der Waals surface area contributed by atoms with E-state index in [2.05, 4.69) is 39.4 Å². The van der Waals surface area contributed by atoms with Crippen LogP contribution >= 0.6 is 23.1 Å². The maximum atomic E-state index is 6.43. The Morgan fingerprint density at radius 3 is 2.55 bits per heavy atom. The molecule has 0 amide bonds. The van der Waals surface area contributed by atoms with Crippen molar-refractivity contribution in [2.45, 2.75) is 6.04 Å². The standard InChI is InChI=1S/C15H18ClN3S/c1-18-8-10-19(11-9-18)15(14-6-7-17-20-14)12-4-2-3-5-13(12)16/h2-7,15H,8-11H2,1H3. The van der Waals surface area contributed by atoms with E-state index in [0.717, 1.165) is 31.2 Å². The minimum Gasteiger partial charge on any atom is -0.304 e. The molecule has 0 spiro atoms. The summed E-state index contributed by atoms with van der Waals surface area (Å²) < 4.78 is 4.27. The van der Waals surface area contributed by atoms with Crippen molar-refractivity contribution in [1.82, 2.24) is 14.2 Å². The van der Waals surface area contributed by atoms with Crippen molar-refractivity contribution < 1.29 is 0 Å². The highest BCUT2D eigenvalue weighted by atomic mass is 35.5. The van der Waals surface area contributed by atoms with E-state index in [1.165, 1.54) is 10.4 Å². The smallest absolute Gasteiger partial charge is 0.0727 e. The molecule has 1 aromatic carbocycles. The Hall–Kier alpha value is -0.940. The van der Waals surface area contributed by atoms with E-state index in [4.69, 9.17) is 11.6 Å². The summed E-state index contributed by atoms with van der Waals surface area (Å²) in [7, 11) is 2.18. The Morgan fingerprint density at radius 1 is 1.15 bits per heavy atom. The van der Waals surface area contributed by atoms with Gasteiger partial charge in [-0.25, -0.2) is 4.37 Å². The van der Waals surface area contributed by atoms with Crippen molar-refractivity contribution >= 4 is 23.1 Å². The van der Waals surface area contributed by atoms with E-state index in [-0.39, 0.29) is 6.04 Å². The summed E-state index contributed by atoms with van der Waals surface area (Å²) >= 11 is 8.00. The van der Waals surface area contributed by atoms with Crippen LogP contribution in [-0.4, -0.2) is 47.4 Å². The van der Waals surface area contributed by atoms with E-state index >= 15 is 0 Å². The van der Waals surface area contributed by atoms with Crippen molar-refractivity contribution in [2.75, 3.05) is 33.2 Å². The fourth-order valence-corrected chi connectivity index (χ4v) is 3.65. The fraction of sp³-hybridized carbons (Fsp3) is 0.400. The monoisotopic (exact) mass is 307 g/mol. The Labute approximate surface area is 128 Å². The molecule has 1 fully saturated rings. The van der Waals surface area contributed by atoms with E-state index in [1.807, 2.05) is 18.3 Å². The number of aromatic nitrogens is 1. The van der Waals surface area contributed by atoms with Crippen LogP contribution in [0.3, 0.4) is 0 Å². The first-order valence-corrected chi connectivity index (χ1v) is 7.98. The maximum absolute atomic E-state index is 6.43. The summed E-state index contributed by atoms with van der Waals surface area (Å²) in [6, 6.07) is 10.5. The molecule has 0 aliphatic carbocycles. The van der Waals surface area contributed by atoms with Crippen LogP contribution in [0.2, 0.25) is 5.02 Å². The number of nitrogens with zero attached hydrogens (tertiary/aromatic N) is 3. The largest absolute Gasteiger partial charge is 0.304 e. The van der Waals surface area contributed by atoms with Gasteiger partial charge in [-0.2, -0.15) is 0 Å². The second kappa shape index (κ2) is 6.22. The number of hydrogen-bond acceptors (Lipinski definition) is 4. The lowest BCUT2D eigenvalue weighted by atomic mass is 10.0. The van der Waals surface area contributed by atoms with Gasteiger partial charge < -0.3 is 4.90 Å². The zero-order valence-electron chi connectivity index (χ0n) is 11.5. The van der Waals surface area contributed by atoms with Gasteiger partial charge in [0.05, 0.1) is 6.04 Å².